The van der Waals surface area contributed by atoms with E-state index >= 15 is 0 Å². The third-order valence-corrected chi connectivity index (χ3v) is 6.56. The molecule has 0 aliphatic carbocycles. The molecule has 0 amide bonds. The highest BCUT2D eigenvalue weighted by molar-refractivity contribution is 7.91. The molecule has 10 heteroatoms. The molecule has 0 aliphatic heterocycles. The quantitative estimate of drug-likeness (QED) is 0.365. The minimum Gasteiger partial charge on any atom is -0.355 e. The Bertz CT molecular complexity index is 820. The number of benzene rings is 1. The number of rotatable bonds is 7. The maximum absolute atomic E-state index is 12.1. The summed E-state index contributed by atoms with van der Waals surface area (Å²) in [5.41, 5.74) is 1.06. The summed E-state index contributed by atoms with van der Waals surface area (Å²) in [6.45, 7) is 1.19. The Balaban J connectivity index is 1.75. The van der Waals surface area contributed by atoms with Crippen molar-refractivity contribution in [2.45, 2.75) is 10.8 Å². The van der Waals surface area contributed by atoms with Crippen LogP contribution in [-0.4, -0.2) is 34.5 Å². The first kappa shape index (κ1) is 20.0. The van der Waals surface area contributed by atoms with Gasteiger partial charge in [0.05, 0.1) is 4.34 Å². The molecule has 0 fully saturated rings. The van der Waals surface area contributed by atoms with Gasteiger partial charge in [0.1, 0.15) is 4.21 Å². The van der Waals surface area contributed by atoms with E-state index in [1.165, 1.54) is 6.07 Å². The zero-order valence-corrected chi connectivity index (χ0v) is 16.6. The first-order valence-electron chi connectivity index (χ1n) is 7.34. The summed E-state index contributed by atoms with van der Waals surface area (Å²) in [5.74, 6) is 0.577. The number of nitrogens with zero attached hydrogens (tertiary/aromatic N) is 1. The minimum absolute atomic E-state index is 0.197. The zero-order chi connectivity index (χ0) is 18.3. The summed E-state index contributed by atoms with van der Waals surface area (Å²) < 4.78 is 27.3. The summed E-state index contributed by atoms with van der Waals surface area (Å²) >= 11 is 12.6. The van der Waals surface area contributed by atoms with E-state index in [0.717, 1.165) is 16.9 Å². The highest BCUT2D eigenvalue weighted by Gasteiger charge is 2.15. The van der Waals surface area contributed by atoms with Crippen LogP contribution in [0.25, 0.3) is 0 Å². The van der Waals surface area contributed by atoms with Gasteiger partial charge in [0.15, 0.2) is 5.96 Å². The first-order chi connectivity index (χ1) is 11.9. The maximum atomic E-state index is 12.1. The molecule has 0 spiro atoms. The van der Waals surface area contributed by atoms with Crippen molar-refractivity contribution in [1.29, 1.82) is 0 Å². The molecule has 2 aromatic rings. The van der Waals surface area contributed by atoms with Crippen LogP contribution in [0.2, 0.25) is 9.36 Å². The van der Waals surface area contributed by atoms with E-state index in [-0.39, 0.29) is 10.8 Å². The monoisotopic (exact) mass is 420 g/mol. The molecule has 0 saturated carbocycles. The first-order valence-corrected chi connectivity index (χ1v) is 10.4. The molecule has 0 aliphatic rings. The number of nitrogens with one attached hydrogen (secondary N) is 3. The summed E-state index contributed by atoms with van der Waals surface area (Å²) in [5, 5.41) is 6.87. The lowest BCUT2D eigenvalue weighted by Crippen LogP contribution is -2.41. The standard InChI is InChI=1S/C15H18Cl2N4O2S2/c1-18-15(20-10-11-2-4-12(16)5-3-11)19-8-9-21-25(22,23)14-7-6-13(17)24-14/h2-7,21H,8-10H2,1H3,(H2,18,19,20). The highest BCUT2D eigenvalue weighted by Crippen LogP contribution is 2.25. The molecule has 0 radical (unpaired) electrons. The predicted molar refractivity (Wildman–Crippen MR) is 104 cm³/mol. The fourth-order valence-corrected chi connectivity index (χ4v) is 4.57. The van der Waals surface area contributed by atoms with Gasteiger partial charge in [0.2, 0.25) is 10.0 Å². The summed E-state index contributed by atoms with van der Waals surface area (Å²) in [6.07, 6.45) is 0. The third-order valence-electron chi connectivity index (χ3n) is 3.12. The highest BCUT2D eigenvalue weighted by atomic mass is 35.5. The summed E-state index contributed by atoms with van der Waals surface area (Å²) in [7, 11) is -1.88. The van der Waals surface area contributed by atoms with E-state index in [1.807, 2.05) is 24.3 Å². The molecule has 1 heterocycles. The van der Waals surface area contributed by atoms with Crippen molar-refractivity contribution in [2.24, 2.45) is 4.99 Å². The lowest BCUT2D eigenvalue weighted by Gasteiger charge is -2.12. The third kappa shape index (κ3) is 6.48. The van der Waals surface area contributed by atoms with E-state index in [4.69, 9.17) is 23.2 Å². The smallest absolute Gasteiger partial charge is 0.250 e. The summed E-state index contributed by atoms with van der Waals surface area (Å²) in [6, 6.07) is 10.5. The number of hydrogen-bond donors (Lipinski definition) is 3. The lowest BCUT2D eigenvalue weighted by atomic mass is 10.2. The minimum atomic E-state index is -3.53. The van der Waals surface area contributed by atoms with Gasteiger partial charge in [-0.15, -0.1) is 11.3 Å². The van der Waals surface area contributed by atoms with Crippen molar-refractivity contribution in [3.8, 4) is 0 Å². The Morgan fingerprint density at radius 3 is 2.40 bits per heavy atom. The molecule has 0 saturated heterocycles. The van der Waals surface area contributed by atoms with Gasteiger partial charge in [-0.2, -0.15) is 0 Å². The van der Waals surface area contributed by atoms with Gasteiger partial charge in [-0.1, -0.05) is 35.3 Å². The molecule has 136 valence electrons. The molecule has 1 aromatic carbocycles. The largest absolute Gasteiger partial charge is 0.355 e. The van der Waals surface area contributed by atoms with Gasteiger partial charge in [-0.3, -0.25) is 4.99 Å². The van der Waals surface area contributed by atoms with Crippen LogP contribution in [0.5, 0.6) is 0 Å². The predicted octanol–water partition coefficient (Wildman–Crippen LogP) is 2.70. The number of sulfonamides is 1. The molecule has 3 N–H and O–H groups in total. The van der Waals surface area contributed by atoms with Crippen LogP contribution in [-0.2, 0) is 16.6 Å². The van der Waals surface area contributed by atoms with E-state index in [2.05, 4.69) is 20.3 Å². The number of aliphatic imine (C=N–C) groups is 1. The van der Waals surface area contributed by atoms with Crippen molar-refractivity contribution in [2.75, 3.05) is 20.1 Å². The molecular formula is C15H18Cl2N4O2S2. The average Bonchev–Trinajstić information content (AvgIpc) is 3.03. The number of thiophene rings is 1. The fraction of sp³-hybridized carbons (Fsp3) is 0.267. The van der Waals surface area contributed by atoms with E-state index in [1.54, 1.807) is 13.1 Å². The fourth-order valence-electron chi connectivity index (χ4n) is 1.89. The second-order valence-electron chi connectivity index (χ2n) is 4.94. The molecule has 0 unspecified atom stereocenters. The van der Waals surface area contributed by atoms with E-state index < -0.39 is 10.0 Å². The molecule has 6 nitrogen and oxygen atoms in total. The van der Waals surface area contributed by atoms with Crippen molar-refractivity contribution in [3.05, 3.63) is 51.3 Å². The Morgan fingerprint density at radius 2 is 1.80 bits per heavy atom. The van der Waals surface area contributed by atoms with Crippen LogP contribution in [0.1, 0.15) is 5.56 Å². The number of hydrogen-bond acceptors (Lipinski definition) is 4. The zero-order valence-electron chi connectivity index (χ0n) is 13.4. The van der Waals surface area contributed by atoms with Crippen molar-refractivity contribution < 1.29 is 8.42 Å². The Kier molecular flexibility index (Phi) is 7.52. The lowest BCUT2D eigenvalue weighted by molar-refractivity contribution is 0.582. The van der Waals surface area contributed by atoms with Crippen LogP contribution >= 0.6 is 34.5 Å². The molecule has 0 atom stereocenters. The van der Waals surface area contributed by atoms with E-state index in [9.17, 15) is 8.42 Å². The van der Waals surface area contributed by atoms with E-state index in [0.29, 0.717) is 28.4 Å². The van der Waals surface area contributed by atoms with Crippen LogP contribution < -0.4 is 15.4 Å². The Morgan fingerprint density at radius 1 is 1.08 bits per heavy atom. The Labute approximate surface area is 161 Å². The maximum Gasteiger partial charge on any atom is 0.250 e. The van der Waals surface area contributed by atoms with Gasteiger partial charge in [-0.25, -0.2) is 13.1 Å². The Hall–Kier alpha value is -1.32. The second kappa shape index (κ2) is 9.40. The molecule has 1 aromatic heterocycles. The molecule has 2 rings (SSSR count). The van der Waals surface area contributed by atoms with Crippen LogP contribution in [0.3, 0.4) is 0 Å². The van der Waals surface area contributed by atoms with Gasteiger partial charge in [0, 0.05) is 31.7 Å². The van der Waals surface area contributed by atoms with Crippen molar-refractivity contribution in [1.82, 2.24) is 15.4 Å². The molecular weight excluding hydrogens is 403 g/mol. The number of halogens is 2. The molecule has 25 heavy (non-hydrogen) atoms. The van der Waals surface area contributed by atoms with Crippen LogP contribution in [0, 0.1) is 0 Å². The SMILES string of the molecule is CN=C(NCCNS(=O)(=O)c1ccc(Cl)s1)NCc1ccc(Cl)cc1. The topological polar surface area (TPSA) is 82.6 Å². The van der Waals surface area contributed by atoms with Crippen LogP contribution in [0.4, 0.5) is 0 Å². The second-order valence-corrected chi connectivity index (χ2v) is 9.08. The normalized spacial score (nSPS) is 12.2. The summed E-state index contributed by atoms with van der Waals surface area (Å²) in [4.78, 5) is 4.09. The van der Waals surface area contributed by atoms with Gasteiger partial charge in [0.25, 0.3) is 0 Å². The van der Waals surface area contributed by atoms with Gasteiger partial charge in [-0.05, 0) is 29.8 Å². The van der Waals surface area contributed by atoms with Crippen molar-refractivity contribution in [3.63, 3.8) is 0 Å². The van der Waals surface area contributed by atoms with Crippen LogP contribution in [0.15, 0.2) is 45.6 Å². The van der Waals surface area contributed by atoms with Gasteiger partial charge >= 0.3 is 0 Å². The molecule has 0 bridgehead atoms. The average molecular weight is 421 g/mol. The van der Waals surface area contributed by atoms with Gasteiger partial charge < -0.3 is 10.6 Å². The number of guanidine groups is 1. The van der Waals surface area contributed by atoms with Crippen molar-refractivity contribution >= 4 is 50.5 Å².